The van der Waals surface area contributed by atoms with Crippen LogP contribution in [0.1, 0.15) is 11.1 Å². The second kappa shape index (κ2) is 8.92. The van der Waals surface area contributed by atoms with E-state index in [4.69, 9.17) is 14.2 Å². The van der Waals surface area contributed by atoms with E-state index in [0.29, 0.717) is 13.2 Å². The first-order chi connectivity index (χ1) is 11.8. The Hall–Kier alpha value is -0.990. The van der Waals surface area contributed by atoms with Gasteiger partial charge in [-0.25, -0.2) is 0 Å². The summed E-state index contributed by atoms with van der Waals surface area (Å²) in [5.41, 5.74) is 2.15. The minimum atomic E-state index is -0.964. The van der Waals surface area contributed by atoms with Crippen molar-refractivity contribution in [2.75, 3.05) is 4.43 Å². The van der Waals surface area contributed by atoms with Crippen LogP contribution in [-0.2, 0) is 27.4 Å². The predicted molar refractivity (Wildman–Crippen MR) is 99.8 cm³/mol. The van der Waals surface area contributed by atoms with Gasteiger partial charge in [0.2, 0.25) is 0 Å². The van der Waals surface area contributed by atoms with Gasteiger partial charge in [0.15, 0.2) is 6.29 Å². The van der Waals surface area contributed by atoms with Crippen LogP contribution >= 0.6 is 22.6 Å². The van der Waals surface area contributed by atoms with Gasteiger partial charge in [0.25, 0.3) is 0 Å². The summed E-state index contributed by atoms with van der Waals surface area (Å²) >= 11 is 2.25. The summed E-state index contributed by atoms with van der Waals surface area (Å²) in [5, 5.41) is 10.2. The van der Waals surface area contributed by atoms with Crippen LogP contribution in [0.25, 0.3) is 0 Å². The van der Waals surface area contributed by atoms with Gasteiger partial charge in [0.1, 0.15) is 12.2 Å². The molecule has 0 saturated carbocycles. The molecule has 0 radical (unpaired) electrons. The molecule has 1 N–H and O–H groups in total. The second-order valence-corrected chi connectivity index (χ2v) is 6.62. The molecule has 4 nitrogen and oxygen atoms in total. The molecule has 0 spiro atoms. The number of alkyl halides is 1. The van der Waals surface area contributed by atoms with Crippen LogP contribution in [0.15, 0.2) is 60.7 Å². The highest BCUT2D eigenvalue weighted by Gasteiger charge is 2.45. The molecule has 4 atom stereocenters. The van der Waals surface area contributed by atoms with Crippen LogP contribution in [0.2, 0.25) is 0 Å². The van der Waals surface area contributed by atoms with Crippen molar-refractivity contribution in [3.05, 3.63) is 71.8 Å². The fourth-order valence-corrected chi connectivity index (χ4v) is 3.45. The molecule has 0 aromatic heterocycles. The zero-order valence-corrected chi connectivity index (χ0v) is 15.4. The number of benzene rings is 2. The molecule has 0 unspecified atom stereocenters. The topological polar surface area (TPSA) is 47.9 Å². The Balaban J connectivity index is 1.63. The maximum Gasteiger partial charge on any atom is 0.184 e. The highest BCUT2D eigenvalue weighted by molar-refractivity contribution is 14.1. The zero-order valence-electron chi connectivity index (χ0n) is 13.3. The Labute approximate surface area is 155 Å². The third kappa shape index (κ3) is 4.55. The first kappa shape index (κ1) is 17.8. The molecule has 0 amide bonds. The van der Waals surface area contributed by atoms with Crippen molar-refractivity contribution in [2.24, 2.45) is 0 Å². The van der Waals surface area contributed by atoms with Crippen LogP contribution in [0.3, 0.4) is 0 Å². The van der Waals surface area contributed by atoms with E-state index in [1.807, 2.05) is 60.7 Å². The summed E-state index contributed by atoms with van der Waals surface area (Å²) in [6.45, 7) is 0.894. The number of rotatable bonds is 7. The van der Waals surface area contributed by atoms with Crippen LogP contribution in [0.5, 0.6) is 0 Å². The normalized spacial score (nSPS) is 26.6. The van der Waals surface area contributed by atoms with Crippen molar-refractivity contribution in [1.82, 2.24) is 0 Å². The van der Waals surface area contributed by atoms with Crippen molar-refractivity contribution in [1.29, 1.82) is 0 Å². The van der Waals surface area contributed by atoms with E-state index in [2.05, 4.69) is 22.6 Å². The van der Waals surface area contributed by atoms with Crippen LogP contribution in [-0.4, -0.2) is 34.1 Å². The maximum absolute atomic E-state index is 10.2. The molecule has 1 heterocycles. The first-order valence-electron chi connectivity index (χ1n) is 7.98. The first-order valence-corrected chi connectivity index (χ1v) is 9.51. The molecule has 1 aliphatic heterocycles. The van der Waals surface area contributed by atoms with Crippen molar-refractivity contribution in [3.63, 3.8) is 0 Å². The standard InChI is InChI=1S/C19H21IO4/c20-11-16-17(22-12-14-7-3-1-4-8-14)18(19(21)24-16)23-13-15-9-5-2-6-10-15/h1-10,16-19,21H,11-13H2/t16-,17+,18-,19+/m1/s1. The summed E-state index contributed by atoms with van der Waals surface area (Å²) in [5.74, 6) is 0. The van der Waals surface area contributed by atoms with Crippen molar-refractivity contribution < 1.29 is 19.3 Å². The molecule has 2 aromatic carbocycles. The summed E-state index contributed by atoms with van der Waals surface area (Å²) in [6.07, 6.45) is -1.92. The Morgan fingerprint density at radius 2 is 1.33 bits per heavy atom. The van der Waals surface area contributed by atoms with Gasteiger partial charge in [-0.1, -0.05) is 83.3 Å². The van der Waals surface area contributed by atoms with E-state index < -0.39 is 12.4 Å². The van der Waals surface area contributed by atoms with Gasteiger partial charge in [-0.15, -0.1) is 0 Å². The van der Waals surface area contributed by atoms with Gasteiger partial charge in [0, 0.05) is 4.43 Å². The fraction of sp³-hybridized carbons (Fsp3) is 0.368. The average molecular weight is 440 g/mol. The molecule has 0 aliphatic carbocycles. The molecule has 2 aromatic rings. The fourth-order valence-electron chi connectivity index (χ4n) is 2.74. The van der Waals surface area contributed by atoms with Crippen molar-refractivity contribution >= 4 is 22.6 Å². The molecular formula is C19H21IO4. The number of aliphatic hydroxyl groups excluding tert-OH is 1. The minimum absolute atomic E-state index is 0.176. The van der Waals surface area contributed by atoms with E-state index in [-0.39, 0.29) is 12.2 Å². The monoisotopic (exact) mass is 440 g/mol. The summed E-state index contributed by atoms with van der Waals surface area (Å²) in [6, 6.07) is 19.9. The Morgan fingerprint density at radius 1 is 0.833 bits per heavy atom. The van der Waals surface area contributed by atoms with Crippen molar-refractivity contribution in [3.8, 4) is 0 Å². The van der Waals surface area contributed by atoms with E-state index in [0.717, 1.165) is 15.6 Å². The predicted octanol–water partition coefficient (Wildman–Crippen LogP) is 3.31. The second-order valence-electron chi connectivity index (χ2n) is 5.74. The SMILES string of the molecule is O[C@H]1O[C@H](CI)[C@H](OCc2ccccc2)[C@H]1OCc1ccccc1. The largest absolute Gasteiger partial charge is 0.368 e. The lowest BCUT2D eigenvalue weighted by molar-refractivity contribution is -0.147. The van der Waals surface area contributed by atoms with Gasteiger partial charge in [-0.2, -0.15) is 0 Å². The van der Waals surface area contributed by atoms with E-state index in [9.17, 15) is 5.11 Å². The third-order valence-corrected chi connectivity index (χ3v) is 4.88. The molecule has 24 heavy (non-hydrogen) atoms. The molecular weight excluding hydrogens is 419 g/mol. The summed E-state index contributed by atoms with van der Waals surface area (Å²) in [4.78, 5) is 0. The van der Waals surface area contributed by atoms with Gasteiger partial charge in [-0.3, -0.25) is 0 Å². The van der Waals surface area contributed by atoms with Gasteiger partial charge in [-0.05, 0) is 11.1 Å². The summed E-state index contributed by atoms with van der Waals surface area (Å²) < 4.78 is 18.3. The lowest BCUT2D eigenvalue weighted by Gasteiger charge is -2.23. The molecule has 1 aliphatic rings. The number of aliphatic hydroxyl groups is 1. The van der Waals surface area contributed by atoms with E-state index in [1.54, 1.807) is 0 Å². The molecule has 3 rings (SSSR count). The lowest BCUT2D eigenvalue weighted by atomic mass is 10.1. The number of hydrogen-bond donors (Lipinski definition) is 1. The lowest BCUT2D eigenvalue weighted by Crippen LogP contribution is -2.38. The highest BCUT2D eigenvalue weighted by Crippen LogP contribution is 2.28. The number of ether oxygens (including phenoxy) is 3. The van der Waals surface area contributed by atoms with E-state index in [1.165, 1.54) is 0 Å². The molecule has 1 saturated heterocycles. The van der Waals surface area contributed by atoms with Gasteiger partial charge >= 0.3 is 0 Å². The summed E-state index contributed by atoms with van der Waals surface area (Å²) in [7, 11) is 0. The zero-order chi connectivity index (χ0) is 16.8. The van der Waals surface area contributed by atoms with Crippen molar-refractivity contribution in [2.45, 2.75) is 37.8 Å². The Kier molecular flexibility index (Phi) is 6.62. The quantitative estimate of drug-likeness (QED) is 0.531. The van der Waals surface area contributed by atoms with Gasteiger partial charge < -0.3 is 19.3 Å². The maximum atomic E-state index is 10.2. The Bertz CT molecular complexity index is 607. The molecule has 1 fully saturated rings. The van der Waals surface area contributed by atoms with Crippen LogP contribution in [0.4, 0.5) is 0 Å². The smallest absolute Gasteiger partial charge is 0.184 e. The minimum Gasteiger partial charge on any atom is -0.368 e. The average Bonchev–Trinajstić information content (AvgIpc) is 2.94. The molecule has 5 heteroatoms. The molecule has 128 valence electrons. The van der Waals surface area contributed by atoms with Gasteiger partial charge in [0.05, 0.1) is 19.3 Å². The molecule has 0 bridgehead atoms. The van der Waals surface area contributed by atoms with E-state index >= 15 is 0 Å². The number of halogens is 1. The number of hydrogen-bond acceptors (Lipinski definition) is 4. The highest BCUT2D eigenvalue weighted by atomic mass is 127. The third-order valence-electron chi connectivity index (χ3n) is 4.01. The Morgan fingerprint density at radius 3 is 1.83 bits per heavy atom. The van der Waals surface area contributed by atoms with Crippen LogP contribution in [0, 0.1) is 0 Å². The van der Waals surface area contributed by atoms with Crippen LogP contribution < -0.4 is 0 Å².